The van der Waals surface area contributed by atoms with Crippen LogP contribution >= 0.6 is 0 Å². The van der Waals surface area contributed by atoms with Crippen molar-refractivity contribution >= 4 is 16.0 Å². The Kier molecular flexibility index (Phi) is 3.84. The van der Waals surface area contributed by atoms with E-state index in [1.807, 2.05) is 0 Å². The van der Waals surface area contributed by atoms with E-state index in [0.717, 1.165) is 16.4 Å². The van der Waals surface area contributed by atoms with Gasteiger partial charge in [0, 0.05) is 13.1 Å². The molecule has 0 saturated carbocycles. The lowest BCUT2D eigenvalue weighted by Gasteiger charge is -2.36. The Bertz CT molecular complexity index is 631. The Balaban J connectivity index is 2.33. The predicted octanol–water partition coefficient (Wildman–Crippen LogP) is 1.70. The second kappa shape index (κ2) is 5.14. The maximum absolute atomic E-state index is 13.2. The Hall–Kier alpha value is -1.47. The molecule has 1 aliphatic rings. The normalized spacial score (nSPS) is 24.5. The summed E-state index contributed by atoms with van der Waals surface area (Å²) in [7, 11) is -3.86. The van der Waals surface area contributed by atoms with Crippen molar-refractivity contribution in [1.82, 2.24) is 4.31 Å². The number of aliphatic carboxylic acids is 1. The van der Waals surface area contributed by atoms with Crippen molar-refractivity contribution in [3.05, 3.63) is 30.1 Å². The Morgan fingerprint density at radius 3 is 2.75 bits per heavy atom. The van der Waals surface area contributed by atoms with Crippen LogP contribution in [0.3, 0.4) is 0 Å². The highest BCUT2D eigenvalue weighted by atomic mass is 32.2. The van der Waals surface area contributed by atoms with Crippen LogP contribution in [0.4, 0.5) is 4.39 Å². The fourth-order valence-electron chi connectivity index (χ4n) is 2.35. The summed E-state index contributed by atoms with van der Waals surface area (Å²) < 4.78 is 39.1. The molecule has 1 heterocycles. The van der Waals surface area contributed by atoms with E-state index in [-0.39, 0.29) is 18.0 Å². The first-order chi connectivity index (χ1) is 9.25. The van der Waals surface area contributed by atoms with Crippen LogP contribution < -0.4 is 0 Å². The molecule has 110 valence electrons. The molecule has 1 N–H and O–H groups in total. The van der Waals surface area contributed by atoms with E-state index in [4.69, 9.17) is 0 Å². The first-order valence-corrected chi connectivity index (χ1v) is 7.69. The zero-order chi connectivity index (χ0) is 15.0. The molecule has 1 unspecified atom stereocenters. The molecular formula is C13H16FNO4S. The van der Waals surface area contributed by atoms with E-state index in [1.54, 1.807) is 0 Å². The van der Waals surface area contributed by atoms with E-state index in [1.165, 1.54) is 19.1 Å². The quantitative estimate of drug-likeness (QED) is 0.922. The molecule has 0 amide bonds. The molecule has 1 atom stereocenters. The number of halogens is 1. The highest BCUT2D eigenvalue weighted by Gasteiger charge is 2.42. The Labute approximate surface area is 117 Å². The van der Waals surface area contributed by atoms with Crippen LogP contribution in [-0.4, -0.2) is 36.9 Å². The maximum Gasteiger partial charge on any atom is 0.310 e. The average molecular weight is 301 g/mol. The minimum Gasteiger partial charge on any atom is -0.481 e. The van der Waals surface area contributed by atoms with Crippen molar-refractivity contribution in [2.24, 2.45) is 5.41 Å². The van der Waals surface area contributed by atoms with Crippen LogP contribution in [-0.2, 0) is 14.8 Å². The van der Waals surface area contributed by atoms with Gasteiger partial charge in [0.15, 0.2) is 0 Å². The number of hydrogen-bond donors (Lipinski definition) is 1. The molecule has 0 spiro atoms. The molecule has 0 bridgehead atoms. The van der Waals surface area contributed by atoms with Gasteiger partial charge in [0.25, 0.3) is 0 Å². The lowest BCUT2D eigenvalue weighted by Crippen LogP contribution is -2.48. The minimum atomic E-state index is -3.86. The number of nitrogens with zero attached hydrogens (tertiary/aromatic N) is 1. The van der Waals surface area contributed by atoms with Crippen LogP contribution in [0.25, 0.3) is 0 Å². The van der Waals surface area contributed by atoms with Gasteiger partial charge in [-0.25, -0.2) is 12.8 Å². The summed E-state index contributed by atoms with van der Waals surface area (Å²) in [5.74, 6) is -1.65. The van der Waals surface area contributed by atoms with Crippen LogP contribution in [0.1, 0.15) is 19.8 Å². The number of rotatable bonds is 3. The molecule has 0 radical (unpaired) electrons. The van der Waals surface area contributed by atoms with Crippen molar-refractivity contribution in [1.29, 1.82) is 0 Å². The van der Waals surface area contributed by atoms with Gasteiger partial charge < -0.3 is 5.11 Å². The first kappa shape index (κ1) is 14.9. The van der Waals surface area contributed by atoms with Crippen molar-refractivity contribution in [2.45, 2.75) is 24.7 Å². The monoisotopic (exact) mass is 301 g/mol. The van der Waals surface area contributed by atoms with Gasteiger partial charge in [0.05, 0.1) is 10.3 Å². The van der Waals surface area contributed by atoms with E-state index < -0.39 is 27.2 Å². The zero-order valence-electron chi connectivity index (χ0n) is 11.0. The van der Waals surface area contributed by atoms with Crippen molar-refractivity contribution in [3.63, 3.8) is 0 Å². The summed E-state index contributed by atoms with van der Waals surface area (Å²) in [6.45, 7) is 1.69. The van der Waals surface area contributed by atoms with E-state index in [0.29, 0.717) is 12.8 Å². The number of carbonyl (C=O) groups is 1. The number of sulfonamides is 1. The molecule has 5 nitrogen and oxygen atoms in total. The fourth-order valence-corrected chi connectivity index (χ4v) is 3.98. The number of hydrogen-bond acceptors (Lipinski definition) is 3. The Morgan fingerprint density at radius 1 is 1.45 bits per heavy atom. The minimum absolute atomic E-state index is 0.0961. The lowest BCUT2D eigenvalue weighted by molar-refractivity contribution is -0.150. The predicted molar refractivity (Wildman–Crippen MR) is 70.1 cm³/mol. The SMILES string of the molecule is CC1(C(=O)O)CCCN(S(=O)(=O)c2cccc(F)c2)C1. The summed E-state index contributed by atoms with van der Waals surface area (Å²) in [5.41, 5.74) is -1.10. The molecule has 1 fully saturated rings. The number of piperidine rings is 1. The third kappa shape index (κ3) is 2.69. The van der Waals surface area contributed by atoms with Crippen LogP contribution in [0.5, 0.6) is 0 Å². The summed E-state index contributed by atoms with van der Waals surface area (Å²) in [6, 6.07) is 4.74. The average Bonchev–Trinajstić information content (AvgIpc) is 2.38. The zero-order valence-corrected chi connectivity index (χ0v) is 11.9. The van der Waals surface area contributed by atoms with Gasteiger partial charge in [-0.15, -0.1) is 0 Å². The highest BCUT2D eigenvalue weighted by Crippen LogP contribution is 2.32. The molecule has 0 aromatic heterocycles. The summed E-state index contributed by atoms with van der Waals surface area (Å²) in [4.78, 5) is 11.1. The summed E-state index contributed by atoms with van der Waals surface area (Å²) >= 11 is 0. The van der Waals surface area contributed by atoms with Crippen LogP contribution in [0, 0.1) is 11.2 Å². The first-order valence-electron chi connectivity index (χ1n) is 6.25. The van der Waals surface area contributed by atoms with Gasteiger partial charge in [-0.05, 0) is 38.0 Å². The highest BCUT2D eigenvalue weighted by molar-refractivity contribution is 7.89. The van der Waals surface area contributed by atoms with E-state index in [9.17, 15) is 22.7 Å². The van der Waals surface area contributed by atoms with Crippen molar-refractivity contribution in [2.75, 3.05) is 13.1 Å². The molecule has 20 heavy (non-hydrogen) atoms. The number of carboxylic acid groups (broad SMARTS) is 1. The molecular weight excluding hydrogens is 285 g/mol. The number of carboxylic acids is 1. The van der Waals surface area contributed by atoms with Crippen LogP contribution in [0.2, 0.25) is 0 Å². The third-order valence-corrected chi connectivity index (χ3v) is 5.45. The smallest absolute Gasteiger partial charge is 0.310 e. The van der Waals surface area contributed by atoms with Crippen molar-refractivity contribution < 1.29 is 22.7 Å². The van der Waals surface area contributed by atoms with Crippen LogP contribution in [0.15, 0.2) is 29.2 Å². The standard InChI is InChI=1S/C13H16FNO4S/c1-13(12(16)17)6-3-7-15(9-13)20(18,19)11-5-2-4-10(14)8-11/h2,4-5,8H,3,6-7,9H2,1H3,(H,16,17). The van der Waals surface area contributed by atoms with Gasteiger partial charge in [-0.1, -0.05) is 6.07 Å². The van der Waals surface area contributed by atoms with Gasteiger partial charge >= 0.3 is 5.97 Å². The van der Waals surface area contributed by atoms with Gasteiger partial charge in [0.2, 0.25) is 10.0 Å². The molecule has 0 aliphatic carbocycles. The molecule has 1 aromatic rings. The molecule has 1 saturated heterocycles. The summed E-state index contributed by atoms with van der Waals surface area (Å²) in [6.07, 6.45) is 0.898. The largest absolute Gasteiger partial charge is 0.481 e. The molecule has 7 heteroatoms. The number of benzene rings is 1. The second-order valence-corrected chi connectivity index (χ2v) is 7.20. The summed E-state index contributed by atoms with van der Waals surface area (Å²) in [5, 5.41) is 9.21. The van der Waals surface area contributed by atoms with Gasteiger partial charge in [-0.2, -0.15) is 4.31 Å². The molecule has 2 rings (SSSR count). The molecule has 1 aromatic carbocycles. The third-order valence-electron chi connectivity index (χ3n) is 3.61. The van der Waals surface area contributed by atoms with Gasteiger partial charge in [-0.3, -0.25) is 4.79 Å². The van der Waals surface area contributed by atoms with E-state index in [2.05, 4.69) is 0 Å². The van der Waals surface area contributed by atoms with Crippen molar-refractivity contribution in [3.8, 4) is 0 Å². The van der Waals surface area contributed by atoms with E-state index >= 15 is 0 Å². The lowest BCUT2D eigenvalue weighted by atomic mass is 9.83. The maximum atomic E-state index is 13.2. The fraction of sp³-hybridized carbons (Fsp3) is 0.462. The topological polar surface area (TPSA) is 74.7 Å². The molecule has 1 aliphatic heterocycles. The Morgan fingerprint density at radius 2 is 2.15 bits per heavy atom. The van der Waals surface area contributed by atoms with Gasteiger partial charge in [0.1, 0.15) is 5.82 Å². The second-order valence-electron chi connectivity index (χ2n) is 5.27.